The van der Waals surface area contributed by atoms with Crippen LogP contribution >= 0.6 is 15.9 Å². The van der Waals surface area contributed by atoms with E-state index in [0.717, 1.165) is 71.4 Å². The van der Waals surface area contributed by atoms with Crippen molar-refractivity contribution in [3.8, 4) is 67.9 Å². The number of unbranched alkanes of at least 4 members (excludes halogenated alkanes) is 1. The molecule has 15 rings (SSSR count). The average molecular weight is 1680 g/mol. The summed E-state index contributed by atoms with van der Waals surface area (Å²) in [5.74, 6) is 3.92. The van der Waals surface area contributed by atoms with E-state index in [-0.39, 0.29) is 14.4 Å². The summed E-state index contributed by atoms with van der Waals surface area (Å²) < 4.78 is 57.5. The number of allylic oxidation sites excluding steroid dienone is 1. The minimum atomic E-state index is -2.68. The van der Waals surface area contributed by atoms with Crippen LogP contribution in [-0.4, -0.2) is 99.9 Å². The van der Waals surface area contributed by atoms with Crippen molar-refractivity contribution in [3.05, 3.63) is 396 Å². The quantitative estimate of drug-likeness (QED) is 0.0172. The van der Waals surface area contributed by atoms with Gasteiger partial charge in [-0.15, -0.1) is 6.58 Å². The molecule has 15 heteroatoms. The summed E-state index contributed by atoms with van der Waals surface area (Å²) in [4.78, 5) is 0. The predicted molar refractivity (Wildman–Crippen MR) is 491 cm³/mol. The molecule has 3 aliphatic rings. The fourth-order valence-corrected chi connectivity index (χ4v) is 20.1. The molecular weight excluding hydrogens is 1570 g/mol. The first-order valence-corrected chi connectivity index (χ1v) is 45.6. The van der Waals surface area contributed by atoms with Crippen LogP contribution in [0, 0.1) is 0 Å². The highest BCUT2D eigenvalue weighted by Crippen LogP contribution is 2.59. The van der Waals surface area contributed by atoms with Gasteiger partial charge in [-0.25, -0.2) is 0 Å². The van der Waals surface area contributed by atoms with Crippen LogP contribution in [0.3, 0.4) is 0 Å². The van der Waals surface area contributed by atoms with Crippen molar-refractivity contribution in [3.63, 3.8) is 0 Å². The monoisotopic (exact) mass is 1680 g/mol. The number of halogens is 1. The lowest BCUT2D eigenvalue weighted by Crippen LogP contribution is -2.46. The molecule has 0 heterocycles. The Morgan fingerprint density at radius 3 is 0.797 bits per heavy atom. The molecule has 0 bridgehead atoms. The summed E-state index contributed by atoms with van der Waals surface area (Å²) >= 11 is 3.13. The van der Waals surface area contributed by atoms with E-state index < -0.39 is 34.6 Å². The van der Waals surface area contributed by atoms with E-state index in [2.05, 4.69) is 261 Å². The normalized spacial score (nSPS) is 12.9. The van der Waals surface area contributed by atoms with Crippen molar-refractivity contribution in [2.45, 2.75) is 90.0 Å². The Hall–Kier alpha value is -10.7. The zero-order chi connectivity index (χ0) is 83.2. The number of phenolic OH excluding ortho intramolecular Hbond substituents is 2. The summed E-state index contributed by atoms with van der Waals surface area (Å²) in [6.45, 7) is 30.9. The fourth-order valence-electron chi connectivity index (χ4n) is 16.4. The molecule has 12 nitrogen and oxygen atoms in total. The first-order chi connectivity index (χ1) is 57.9. The van der Waals surface area contributed by atoms with Crippen molar-refractivity contribution in [2.24, 2.45) is 0 Å². The Kier molecular flexibility index (Phi) is 32.6. The molecule has 2 N–H and O–H groups in total. The first-order valence-electron chi connectivity index (χ1n) is 41.1. The van der Waals surface area contributed by atoms with E-state index in [4.69, 9.17) is 45.5 Å². The van der Waals surface area contributed by atoms with Gasteiger partial charge in [0, 0.05) is 52.4 Å². The zero-order valence-electron chi connectivity index (χ0n) is 70.1. The van der Waals surface area contributed by atoms with Gasteiger partial charge in [-0.05, 0) is 227 Å². The molecule has 0 aliphatic heterocycles. The third-order valence-corrected chi connectivity index (χ3v) is 26.5. The highest BCUT2D eigenvalue weighted by Gasteiger charge is 2.49. The van der Waals surface area contributed by atoms with Crippen molar-refractivity contribution < 1.29 is 58.6 Å². The third-order valence-electron chi connectivity index (χ3n) is 21.1. The van der Waals surface area contributed by atoms with Crippen LogP contribution in [0.15, 0.2) is 329 Å². The topological polar surface area (TPSA) is 133 Å². The van der Waals surface area contributed by atoms with E-state index in [0.29, 0.717) is 59.5 Å². The molecule has 0 atom stereocenters. The Balaban J connectivity index is 0.000000192. The molecule has 3 aliphatic carbocycles. The second kappa shape index (κ2) is 43.7. The van der Waals surface area contributed by atoms with Crippen LogP contribution in [0.5, 0.6) is 34.5 Å². The molecule has 0 aromatic heterocycles. The van der Waals surface area contributed by atoms with Crippen LogP contribution in [0.1, 0.15) is 137 Å². The highest BCUT2D eigenvalue weighted by molar-refractivity contribution is 9.09. The smallest absolute Gasteiger partial charge is 0.501 e. The van der Waals surface area contributed by atoms with Gasteiger partial charge in [0.2, 0.25) is 0 Å². The summed E-state index contributed by atoms with van der Waals surface area (Å²) in [5.41, 5.74) is 20.7. The minimum Gasteiger partial charge on any atom is -1.00 e. The van der Waals surface area contributed by atoms with Gasteiger partial charge in [-0.3, -0.25) is 0 Å². The number of fused-ring (bicyclic) bond motifs is 9. The van der Waals surface area contributed by atoms with Crippen LogP contribution in [0.25, 0.3) is 33.4 Å². The molecule has 614 valence electrons. The van der Waals surface area contributed by atoms with Gasteiger partial charge in [0.1, 0.15) is 47.7 Å². The lowest BCUT2D eigenvalue weighted by molar-refractivity contribution is 0.0696. The maximum atomic E-state index is 9.85. The number of hydrogen-bond acceptors (Lipinski definition) is 12. The molecule has 118 heavy (non-hydrogen) atoms. The number of rotatable bonds is 34. The number of hydrogen-bond donors (Lipinski definition) is 2. The van der Waals surface area contributed by atoms with E-state index in [9.17, 15) is 10.2 Å². The summed E-state index contributed by atoms with van der Waals surface area (Å²) in [7, 11) is -4.41. The number of phenols is 2. The van der Waals surface area contributed by atoms with Gasteiger partial charge in [0.25, 0.3) is 0 Å². The standard InChI is InChI=1S/C38H46O5Si.C31H26O2.C25H18O2.C6H16O3Si.C3H5Br.H2.H/c1-5-9-27-39-32-23-19-30(20-24-32)38(36-17-12-10-15-34(36)35-16-11-13-18-37(35)38)31-21-25-33(26-22-31)40-28-14-29-44(41-6-2,42-7-3)43-8-4;1-3-21-32-25-17-13-23(14-18-25)31(24-15-19-26(20-16-24)33-22-4-2)29-11-7-5-9-27(29)28-10-6-8-12-30(28)31;26-19-13-9-17(10-14-19)25(18-11-15-20(27)16-12-18)23-7-3-1-5-21(23)22-6-2-4-8-24(22)25;1-4-7-10(8-5-2)9-6-3;1-2-3-4;;/h10-13,15-26H,5-9,14,27-29H2,1-4H3;3-20H,1-2,21-22H2;1-16,26-27H;10H,4-6H2,1-3H3;2H,1,3H2;1H;/q;;;;;;-1/i;;;;;2*1+1. The molecule has 12 aromatic rings. The Morgan fingerprint density at radius 1 is 0.331 bits per heavy atom. The number of ether oxygens (including phenoxy) is 4. The highest BCUT2D eigenvalue weighted by atomic mass is 79.9. The maximum Gasteiger partial charge on any atom is 0.501 e. The van der Waals surface area contributed by atoms with Gasteiger partial charge in [-0.2, -0.15) is 0 Å². The molecule has 0 radical (unpaired) electrons. The number of alkyl halides is 1. The molecule has 0 saturated heterocycles. The number of aromatic hydroxyl groups is 2. The summed E-state index contributed by atoms with van der Waals surface area (Å²) in [6, 6.07) is 102. The van der Waals surface area contributed by atoms with E-state index in [1.54, 1.807) is 42.5 Å². The summed E-state index contributed by atoms with van der Waals surface area (Å²) in [5, 5.41) is 20.6. The second-order valence-corrected chi connectivity index (χ2v) is 33.1. The Morgan fingerprint density at radius 2 is 0.568 bits per heavy atom. The van der Waals surface area contributed by atoms with Crippen molar-refractivity contribution in [1.82, 2.24) is 0 Å². The van der Waals surface area contributed by atoms with Crippen molar-refractivity contribution in [1.29, 1.82) is 0 Å². The maximum absolute atomic E-state index is 9.85. The Labute approximate surface area is 713 Å². The van der Waals surface area contributed by atoms with Crippen molar-refractivity contribution >= 4 is 34.3 Å². The lowest BCUT2D eigenvalue weighted by Gasteiger charge is -2.34. The fraction of sp³-hybridized carbons (Fsp3) is 0.243. The van der Waals surface area contributed by atoms with Crippen LogP contribution < -0.4 is 18.9 Å². The molecule has 0 amide bonds. The molecule has 12 aromatic carbocycles. The van der Waals surface area contributed by atoms with Gasteiger partial charge >= 0.3 is 18.3 Å². The van der Waals surface area contributed by atoms with E-state index >= 15 is 0 Å². The lowest BCUT2D eigenvalue weighted by atomic mass is 9.68. The molecule has 0 saturated carbocycles. The molecule has 0 fully saturated rings. The minimum absolute atomic E-state index is 0. The van der Waals surface area contributed by atoms with E-state index in [1.165, 1.54) is 89.0 Å². The molecule has 0 unspecified atom stereocenters. The second-order valence-electron chi connectivity index (χ2n) is 28.1. The van der Waals surface area contributed by atoms with Crippen LogP contribution in [0.2, 0.25) is 6.04 Å². The largest absolute Gasteiger partial charge is 1.00 e. The number of benzene rings is 12. The van der Waals surface area contributed by atoms with Gasteiger partial charge in [-0.1, -0.05) is 279 Å². The van der Waals surface area contributed by atoms with Crippen LogP contribution in [0.4, 0.5) is 0 Å². The average Bonchev–Trinajstić information content (AvgIpc) is 1.55. The Bertz CT molecular complexity index is 4870. The van der Waals surface area contributed by atoms with Crippen LogP contribution in [-0.2, 0) is 42.8 Å². The summed E-state index contributed by atoms with van der Waals surface area (Å²) in [6.07, 6.45) is 8.27. The van der Waals surface area contributed by atoms with Crippen molar-refractivity contribution in [2.75, 3.05) is 71.4 Å². The SMILES string of the molecule is C=CCBr.C=CCOc1ccc(C2(c3ccc(OCC=C)cc3)c3ccccc3-c3ccccc32)cc1.CCCCOc1ccc(C2(c3ccc(OCCC[Si](OCC)(OCC)OCC)cc3)c3ccccc3-c3ccccc32)cc1.CCO[SiH](OCC)OCC.Oc1ccc(C2(c3ccc(O)cc3)c3ccccc3-c3ccccc32)cc1.[2H-].[2HH]. The van der Waals surface area contributed by atoms with Gasteiger partial charge in [0.05, 0.1) is 29.5 Å². The molecule has 0 spiro atoms. The molecular formula is C103H114BrO12Si2-. The zero-order valence-corrected chi connectivity index (χ0v) is 72.8. The van der Waals surface area contributed by atoms with Gasteiger partial charge in [0.15, 0.2) is 0 Å². The first kappa shape index (κ1) is 88.2. The third kappa shape index (κ3) is 19.5. The predicted octanol–water partition coefficient (Wildman–Crippen LogP) is 24.4. The van der Waals surface area contributed by atoms with E-state index in [1.807, 2.05) is 90.1 Å². The van der Waals surface area contributed by atoms with Gasteiger partial charge < -0.3 is 57.1 Å².